The lowest BCUT2D eigenvalue weighted by molar-refractivity contribution is 0.217. The minimum absolute atomic E-state index is 0.124. The van der Waals surface area contributed by atoms with Crippen LogP contribution in [0.4, 0.5) is 0 Å². The van der Waals surface area contributed by atoms with Gasteiger partial charge in [0.1, 0.15) is 0 Å². The van der Waals surface area contributed by atoms with Crippen LogP contribution in [-0.4, -0.2) is 45.9 Å². The van der Waals surface area contributed by atoms with E-state index in [4.69, 9.17) is 4.52 Å². The lowest BCUT2D eigenvalue weighted by Gasteiger charge is -2.35. The van der Waals surface area contributed by atoms with E-state index < -0.39 is 10.0 Å². The van der Waals surface area contributed by atoms with Crippen LogP contribution in [0.1, 0.15) is 22.9 Å². The molecule has 0 atom stereocenters. The summed E-state index contributed by atoms with van der Waals surface area (Å²) in [7, 11) is -3.51. The molecule has 0 amide bonds. The van der Waals surface area contributed by atoms with Gasteiger partial charge in [0.25, 0.3) is 0 Å². The second-order valence-corrected chi connectivity index (χ2v) is 8.23. The van der Waals surface area contributed by atoms with E-state index in [0.717, 1.165) is 11.1 Å². The Balaban J connectivity index is 1.48. The Bertz CT molecular complexity index is 1040. The van der Waals surface area contributed by atoms with Crippen LogP contribution in [0, 0.1) is 13.8 Å². The van der Waals surface area contributed by atoms with Crippen LogP contribution in [0.15, 0.2) is 46.1 Å². The zero-order valence-corrected chi connectivity index (χ0v) is 15.1. The summed E-state index contributed by atoms with van der Waals surface area (Å²) in [4.78, 5) is 12.7. The van der Waals surface area contributed by atoms with Crippen molar-refractivity contribution in [2.45, 2.75) is 24.7 Å². The van der Waals surface area contributed by atoms with Crippen molar-refractivity contribution in [2.75, 3.05) is 13.1 Å². The smallest absolute Gasteiger partial charge is 0.243 e. The zero-order chi connectivity index (χ0) is 18.3. The highest BCUT2D eigenvalue weighted by Crippen LogP contribution is 2.32. The first-order valence-corrected chi connectivity index (χ1v) is 9.57. The van der Waals surface area contributed by atoms with Crippen LogP contribution in [0.3, 0.4) is 0 Å². The lowest BCUT2D eigenvalue weighted by Crippen LogP contribution is -2.48. The fourth-order valence-corrected chi connectivity index (χ4v) is 4.34. The number of aryl methyl sites for hydroxylation is 2. The molecule has 0 bridgehead atoms. The van der Waals surface area contributed by atoms with Crippen molar-refractivity contribution in [3.05, 3.63) is 53.7 Å². The van der Waals surface area contributed by atoms with Gasteiger partial charge in [-0.1, -0.05) is 11.2 Å². The standard InChI is InChI=1S/C17H17N5O3S/c1-11-4-5-14(8-12(11)2)26(23,24)22-9-13(10-22)17-20-16(21-25-17)15-18-6-3-7-19-15/h3-8,13H,9-10H2,1-2H3. The highest BCUT2D eigenvalue weighted by molar-refractivity contribution is 7.89. The third-order valence-electron chi connectivity index (χ3n) is 4.52. The summed E-state index contributed by atoms with van der Waals surface area (Å²) in [5, 5.41) is 3.88. The molecule has 4 rings (SSSR count). The number of sulfonamides is 1. The molecule has 8 nitrogen and oxygen atoms in total. The molecule has 1 aromatic carbocycles. The van der Waals surface area contributed by atoms with Crippen molar-refractivity contribution >= 4 is 10.0 Å². The number of nitrogens with zero attached hydrogens (tertiary/aromatic N) is 5. The van der Waals surface area contributed by atoms with Gasteiger partial charge in [-0.05, 0) is 43.2 Å². The van der Waals surface area contributed by atoms with Gasteiger partial charge < -0.3 is 4.52 Å². The number of hydrogen-bond donors (Lipinski definition) is 0. The van der Waals surface area contributed by atoms with Gasteiger partial charge in [0, 0.05) is 25.5 Å². The van der Waals surface area contributed by atoms with Crippen molar-refractivity contribution in [3.8, 4) is 11.6 Å². The molecule has 1 aliphatic heterocycles. The van der Waals surface area contributed by atoms with E-state index in [0.29, 0.717) is 35.5 Å². The van der Waals surface area contributed by atoms with Crippen LogP contribution in [0.5, 0.6) is 0 Å². The Morgan fingerprint density at radius 1 is 1.08 bits per heavy atom. The van der Waals surface area contributed by atoms with E-state index in [1.807, 2.05) is 19.9 Å². The van der Waals surface area contributed by atoms with Crippen LogP contribution >= 0.6 is 0 Å². The maximum absolute atomic E-state index is 12.7. The van der Waals surface area contributed by atoms with Gasteiger partial charge in [-0.2, -0.15) is 9.29 Å². The van der Waals surface area contributed by atoms with E-state index in [1.165, 1.54) is 4.31 Å². The van der Waals surface area contributed by atoms with E-state index in [2.05, 4.69) is 20.1 Å². The highest BCUT2D eigenvalue weighted by atomic mass is 32.2. The van der Waals surface area contributed by atoms with Crippen LogP contribution in [-0.2, 0) is 10.0 Å². The molecule has 0 unspecified atom stereocenters. The van der Waals surface area contributed by atoms with Gasteiger partial charge in [-0.3, -0.25) is 0 Å². The molecule has 0 radical (unpaired) electrons. The Labute approximate surface area is 151 Å². The van der Waals surface area contributed by atoms with Crippen molar-refractivity contribution in [1.29, 1.82) is 0 Å². The SMILES string of the molecule is Cc1ccc(S(=O)(=O)N2CC(c3nc(-c4ncccn4)no3)C2)cc1C. The first kappa shape index (κ1) is 16.8. The van der Waals surface area contributed by atoms with E-state index >= 15 is 0 Å². The zero-order valence-electron chi connectivity index (χ0n) is 14.3. The van der Waals surface area contributed by atoms with E-state index in [9.17, 15) is 8.42 Å². The first-order chi connectivity index (χ1) is 12.4. The molecule has 1 aliphatic rings. The first-order valence-electron chi connectivity index (χ1n) is 8.13. The number of rotatable bonds is 4. The fraction of sp³-hybridized carbons (Fsp3) is 0.294. The Morgan fingerprint density at radius 3 is 2.50 bits per heavy atom. The molecule has 0 saturated carbocycles. The van der Waals surface area contributed by atoms with Crippen molar-refractivity contribution in [1.82, 2.24) is 24.4 Å². The molecule has 0 spiro atoms. The molecule has 3 heterocycles. The van der Waals surface area contributed by atoms with Crippen LogP contribution < -0.4 is 0 Å². The average molecular weight is 371 g/mol. The Morgan fingerprint density at radius 2 is 1.81 bits per heavy atom. The summed E-state index contributed by atoms with van der Waals surface area (Å²) in [5.74, 6) is 0.956. The molecule has 1 saturated heterocycles. The number of hydrogen-bond acceptors (Lipinski definition) is 7. The molecule has 1 fully saturated rings. The molecular weight excluding hydrogens is 354 g/mol. The third-order valence-corrected chi connectivity index (χ3v) is 6.35. The molecule has 9 heteroatoms. The molecule has 0 N–H and O–H groups in total. The molecular formula is C17H17N5O3S. The molecule has 0 aliphatic carbocycles. The Hall–Kier alpha value is -2.65. The van der Waals surface area contributed by atoms with Crippen molar-refractivity contribution < 1.29 is 12.9 Å². The Kier molecular flexibility index (Phi) is 4.04. The maximum atomic E-state index is 12.7. The summed E-state index contributed by atoms with van der Waals surface area (Å²) < 4.78 is 32.1. The van der Waals surface area contributed by atoms with Crippen molar-refractivity contribution in [2.24, 2.45) is 0 Å². The summed E-state index contributed by atoms with van der Waals surface area (Å²) in [6.07, 6.45) is 3.19. The quantitative estimate of drug-likeness (QED) is 0.690. The average Bonchev–Trinajstić information content (AvgIpc) is 3.06. The van der Waals surface area contributed by atoms with Gasteiger partial charge in [0.2, 0.25) is 27.6 Å². The van der Waals surface area contributed by atoms with Crippen LogP contribution in [0.2, 0.25) is 0 Å². The largest absolute Gasteiger partial charge is 0.338 e. The van der Waals surface area contributed by atoms with Gasteiger partial charge in [-0.25, -0.2) is 18.4 Å². The summed E-state index contributed by atoms with van der Waals surface area (Å²) in [5.41, 5.74) is 2.01. The predicted molar refractivity (Wildman–Crippen MR) is 92.7 cm³/mol. The third kappa shape index (κ3) is 2.89. The summed E-state index contributed by atoms with van der Waals surface area (Å²) >= 11 is 0. The number of aromatic nitrogens is 4. The fourth-order valence-electron chi connectivity index (χ4n) is 2.72. The minimum Gasteiger partial charge on any atom is -0.338 e. The summed E-state index contributed by atoms with van der Waals surface area (Å²) in [6, 6.07) is 6.87. The minimum atomic E-state index is -3.51. The van der Waals surface area contributed by atoms with Gasteiger partial charge in [-0.15, -0.1) is 0 Å². The topological polar surface area (TPSA) is 102 Å². The monoisotopic (exact) mass is 371 g/mol. The van der Waals surface area contributed by atoms with Gasteiger partial charge in [0.05, 0.1) is 10.8 Å². The maximum Gasteiger partial charge on any atom is 0.243 e. The molecule has 2 aromatic heterocycles. The second kappa shape index (κ2) is 6.26. The predicted octanol–water partition coefficient (Wildman–Crippen LogP) is 1.93. The highest BCUT2D eigenvalue weighted by Gasteiger charge is 2.40. The molecule has 3 aromatic rings. The summed E-state index contributed by atoms with van der Waals surface area (Å²) in [6.45, 7) is 4.48. The second-order valence-electron chi connectivity index (χ2n) is 6.29. The van der Waals surface area contributed by atoms with E-state index in [1.54, 1.807) is 30.6 Å². The number of benzene rings is 1. The normalized spacial score (nSPS) is 15.8. The molecule has 26 heavy (non-hydrogen) atoms. The van der Waals surface area contributed by atoms with Crippen LogP contribution in [0.25, 0.3) is 11.6 Å². The van der Waals surface area contributed by atoms with Crippen molar-refractivity contribution in [3.63, 3.8) is 0 Å². The molecule has 134 valence electrons. The van der Waals surface area contributed by atoms with Gasteiger partial charge in [0.15, 0.2) is 0 Å². The lowest BCUT2D eigenvalue weighted by atomic mass is 10.0. The van der Waals surface area contributed by atoms with Gasteiger partial charge >= 0.3 is 0 Å². The van der Waals surface area contributed by atoms with E-state index in [-0.39, 0.29) is 5.92 Å².